The van der Waals surface area contributed by atoms with E-state index in [4.69, 9.17) is 14.2 Å². The van der Waals surface area contributed by atoms with E-state index in [1.807, 2.05) is 19.1 Å². The second-order valence-electron chi connectivity index (χ2n) is 4.53. The molecule has 1 heterocycles. The van der Waals surface area contributed by atoms with Gasteiger partial charge in [-0.3, -0.25) is 0 Å². The molecule has 0 aliphatic carbocycles. The van der Waals surface area contributed by atoms with Crippen LogP contribution in [0.15, 0.2) is 24.3 Å². The molecular weight excluding hydrogens is 242 g/mol. The predicted octanol–water partition coefficient (Wildman–Crippen LogP) is 2.15. The largest absolute Gasteiger partial charge is 0.494 e. The van der Waals surface area contributed by atoms with E-state index in [0.717, 1.165) is 12.3 Å². The van der Waals surface area contributed by atoms with Crippen molar-refractivity contribution in [3.8, 4) is 5.75 Å². The minimum atomic E-state index is 0.0607. The average molecular weight is 265 g/mol. The zero-order valence-electron chi connectivity index (χ0n) is 11.7. The molecule has 0 saturated carbocycles. The van der Waals surface area contributed by atoms with Gasteiger partial charge in [-0.25, -0.2) is 0 Å². The van der Waals surface area contributed by atoms with Crippen LogP contribution in [0, 0.1) is 0 Å². The summed E-state index contributed by atoms with van der Waals surface area (Å²) in [4.78, 5) is 0. The number of likely N-dealkylation sites (N-methyl/N-ethyl adjacent to an activating group) is 1. The molecule has 1 N–H and O–H groups in total. The number of hydrogen-bond acceptors (Lipinski definition) is 4. The van der Waals surface area contributed by atoms with E-state index in [2.05, 4.69) is 24.4 Å². The molecule has 1 saturated heterocycles. The van der Waals surface area contributed by atoms with Crippen molar-refractivity contribution in [2.45, 2.75) is 26.0 Å². The van der Waals surface area contributed by atoms with Crippen LogP contribution >= 0.6 is 0 Å². The normalized spacial score (nSPS) is 21.1. The van der Waals surface area contributed by atoms with Gasteiger partial charge in [0.2, 0.25) is 0 Å². The zero-order chi connectivity index (χ0) is 13.5. The first-order chi connectivity index (χ1) is 9.35. The average Bonchev–Trinajstić information content (AvgIpc) is 2.46. The van der Waals surface area contributed by atoms with Crippen LogP contribution in [0.5, 0.6) is 5.75 Å². The highest BCUT2D eigenvalue weighted by Crippen LogP contribution is 2.25. The number of hydrogen-bond donors (Lipinski definition) is 1. The predicted molar refractivity (Wildman–Crippen MR) is 74.6 cm³/mol. The Labute approximate surface area is 115 Å². The molecule has 2 rings (SSSR count). The van der Waals surface area contributed by atoms with Crippen LogP contribution in [0.1, 0.15) is 25.5 Å². The Morgan fingerprint density at radius 1 is 1.37 bits per heavy atom. The van der Waals surface area contributed by atoms with Crippen LogP contribution in [-0.2, 0) is 9.47 Å². The Hall–Kier alpha value is -1.10. The second-order valence-corrected chi connectivity index (χ2v) is 4.53. The van der Waals surface area contributed by atoms with E-state index in [-0.39, 0.29) is 12.1 Å². The van der Waals surface area contributed by atoms with E-state index in [9.17, 15) is 0 Å². The van der Waals surface area contributed by atoms with Crippen molar-refractivity contribution in [1.82, 2.24) is 5.32 Å². The van der Waals surface area contributed by atoms with Gasteiger partial charge in [-0.15, -0.1) is 0 Å². The fourth-order valence-electron chi connectivity index (χ4n) is 2.35. The molecule has 4 heteroatoms. The van der Waals surface area contributed by atoms with Crippen LogP contribution in [0.3, 0.4) is 0 Å². The minimum absolute atomic E-state index is 0.0607. The molecule has 2 unspecified atom stereocenters. The van der Waals surface area contributed by atoms with Gasteiger partial charge in [0.25, 0.3) is 0 Å². The Bertz CT molecular complexity index is 377. The van der Waals surface area contributed by atoms with Crippen LogP contribution in [-0.4, -0.2) is 39.1 Å². The molecule has 1 aromatic rings. The Morgan fingerprint density at radius 3 is 2.95 bits per heavy atom. The van der Waals surface area contributed by atoms with Crippen molar-refractivity contribution >= 4 is 0 Å². The summed E-state index contributed by atoms with van der Waals surface area (Å²) in [6.07, 6.45) is 0.0607. The summed E-state index contributed by atoms with van der Waals surface area (Å²) in [6.45, 7) is 7.65. The van der Waals surface area contributed by atoms with Crippen LogP contribution in [0.25, 0.3) is 0 Å². The highest BCUT2D eigenvalue weighted by atomic mass is 16.6. The Morgan fingerprint density at radius 2 is 2.26 bits per heavy atom. The van der Waals surface area contributed by atoms with Gasteiger partial charge in [-0.05, 0) is 31.2 Å². The highest BCUT2D eigenvalue weighted by molar-refractivity contribution is 5.31. The van der Waals surface area contributed by atoms with E-state index >= 15 is 0 Å². The lowest BCUT2D eigenvalue weighted by Crippen LogP contribution is -2.40. The van der Waals surface area contributed by atoms with Crippen molar-refractivity contribution in [3.05, 3.63) is 29.8 Å². The lowest BCUT2D eigenvalue weighted by Gasteiger charge is -2.31. The summed E-state index contributed by atoms with van der Waals surface area (Å²) in [6, 6.07) is 8.33. The monoisotopic (exact) mass is 265 g/mol. The van der Waals surface area contributed by atoms with E-state index < -0.39 is 0 Å². The molecule has 1 fully saturated rings. The fraction of sp³-hybridized carbons (Fsp3) is 0.600. The molecule has 4 nitrogen and oxygen atoms in total. The molecule has 106 valence electrons. The van der Waals surface area contributed by atoms with Gasteiger partial charge < -0.3 is 19.5 Å². The zero-order valence-corrected chi connectivity index (χ0v) is 11.7. The van der Waals surface area contributed by atoms with Crippen LogP contribution < -0.4 is 10.1 Å². The summed E-state index contributed by atoms with van der Waals surface area (Å²) >= 11 is 0. The summed E-state index contributed by atoms with van der Waals surface area (Å²) < 4.78 is 16.9. The third-order valence-electron chi connectivity index (χ3n) is 3.17. The van der Waals surface area contributed by atoms with Crippen molar-refractivity contribution in [3.63, 3.8) is 0 Å². The van der Waals surface area contributed by atoms with Gasteiger partial charge in [0.15, 0.2) is 0 Å². The third-order valence-corrected chi connectivity index (χ3v) is 3.17. The smallest absolute Gasteiger partial charge is 0.119 e. The van der Waals surface area contributed by atoms with Crippen LogP contribution in [0.4, 0.5) is 0 Å². The molecule has 0 aromatic heterocycles. The van der Waals surface area contributed by atoms with Gasteiger partial charge in [0.05, 0.1) is 32.5 Å². The topological polar surface area (TPSA) is 39.7 Å². The number of nitrogens with one attached hydrogen (secondary N) is 1. The van der Waals surface area contributed by atoms with Crippen molar-refractivity contribution in [2.24, 2.45) is 0 Å². The summed E-state index contributed by atoms with van der Waals surface area (Å²) in [7, 11) is 0. The maximum absolute atomic E-state index is 5.82. The molecule has 1 aliphatic heterocycles. The van der Waals surface area contributed by atoms with Crippen molar-refractivity contribution in [1.29, 1.82) is 0 Å². The number of rotatable bonds is 6. The van der Waals surface area contributed by atoms with E-state index in [0.29, 0.717) is 26.4 Å². The van der Waals surface area contributed by atoms with Gasteiger partial charge >= 0.3 is 0 Å². The number of ether oxygens (including phenoxy) is 3. The maximum Gasteiger partial charge on any atom is 0.119 e. The molecule has 1 aromatic carbocycles. The molecule has 0 amide bonds. The third kappa shape index (κ3) is 3.93. The molecule has 1 aliphatic rings. The fourth-order valence-corrected chi connectivity index (χ4v) is 2.35. The summed E-state index contributed by atoms with van der Waals surface area (Å²) in [5.41, 5.74) is 1.18. The first kappa shape index (κ1) is 14.3. The first-order valence-electron chi connectivity index (χ1n) is 7.00. The van der Waals surface area contributed by atoms with Crippen LogP contribution in [0.2, 0.25) is 0 Å². The molecule has 2 atom stereocenters. The molecule has 19 heavy (non-hydrogen) atoms. The van der Waals surface area contributed by atoms with Gasteiger partial charge in [0.1, 0.15) is 11.9 Å². The maximum atomic E-state index is 5.82. The lowest BCUT2D eigenvalue weighted by atomic mass is 10.0. The summed E-state index contributed by atoms with van der Waals surface area (Å²) in [5, 5.41) is 3.48. The van der Waals surface area contributed by atoms with E-state index in [1.165, 1.54) is 5.56 Å². The molecule has 0 spiro atoms. The van der Waals surface area contributed by atoms with E-state index in [1.54, 1.807) is 0 Å². The quantitative estimate of drug-likeness (QED) is 0.855. The molecule has 0 bridgehead atoms. The highest BCUT2D eigenvalue weighted by Gasteiger charge is 2.26. The van der Waals surface area contributed by atoms with Gasteiger partial charge in [-0.2, -0.15) is 0 Å². The van der Waals surface area contributed by atoms with Gasteiger partial charge in [-0.1, -0.05) is 19.1 Å². The molecular formula is C15H23NO3. The number of benzene rings is 1. The molecule has 0 radical (unpaired) electrons. The standard InChI is InChI=1S/C15H23NO3/c1-3-16-15(14-11-17-8-9-19-14)12-6-5-7-13(10-12)18-4-2/h5-7,10,14-16H,3-4,8-9,11H2,1-2H3. The first-order valence-corrected chi connectivity index (χ1v) is 7.00. The Balaban J connectivity index is 2.14. The minimum Gasteiger partial charge on any atom is -0.494 e. The lowest BCUT2D eigenvalue weighted by molar-refractivity contribution is -0.102. The van der Waals surface area contributed by atoms with Crippen molar-refractivity contribution in [2.75, 3.05) is 33.0 Å². The second kappa shape index (κ2) is 7.48. The SMILES string of the molecule is CCNC(c1cccc(OCC)c1)C1COCCO1. The summed E-state index contributed by atoms with van der Waals surface area (Å²) in [5.74, 6) is 0.902. The van der Waals surface area contributed by atoms with Crippen molar-refractivity contribution < 1.29 is 14.2 Å². The van der Waals surface area contributed by atoms with Gasteiger partial charge in [0, 0.05) is 0 Å². The Kier molecular flexibility index (Phi) is 5.63.